The fraction of sp³-hybridized carbons (Fsp3) is 0.526. The van der Waals surface area contributed by atoms with Gasteiger partial charge in [-0.3, -0.25) is 14.5 Å². The highest BCUT2D eigenvalue weighted by Crippen LogP contribution is 2.63. The number of alkyl halides is 2. The van der Waals surface area contributed by atoms with Crippen molar-refractivity contribution in [3.63, 3.8) is 0 Å². The number of hydrogen-bond donors (Lipinski definition) is 1. The van der Waals surface area contributed by atoms with E-state index in [4.69, 9.17) is 0 Å². The van der Waals surface area contributed by atoms with E-state index in [-0.39, 0.29) is 16.9 Å². The molecular formula is C19H24F2N4O. The number of aryl methyl sites for hydroxylation is 1. The van der Waals surface area contributed by atoms with E-state index in [1.165, 1.54) is 17.9 Å². The number of carbonyl (C=O) groups is 1. The summed E-state index contributed by atoms with van der Waals surface area (Å²) in [5, 5.41) is 6.77. The topological polar surface area (TPSA) is 59.3 Å². The normalized spacial score (nSPS) is 27.0. The zero-order valence-corrected chi connectivity index (χ0v) is 15.5. The van der Waals surface area contributed by atoms with Gasteiger partial charge in [-0.25, -0.2) is 8.78 Å². The van der Waals surface area contributed by atoms with Gasteiger partial charge in [-0.2, -0.15) is 5.10 Å². The Labute approximate surface area is 151 Å². The molecule has 5 nitrogen and oxygen atoms in total. The van der Waals surface area contributed by atoms with Crippen molar-refractivity contribution in [1.29, 1.82) is 0 Å². The van der Waals surface area contributed by atoms with Gasteiger partial charge in [0.15, 0.2) is 0 Å². The molecule has 1 amide bonds. The van der Waals surface area contributed by atoms with Crippen molar-refractivity contribution < 1.29 is 13.6 Å². The third kappa shape index (κ3) is 2.36. The van der Waals surface area contributed by atoms with Crippen LogP contribution in [0.15, 0.2) is 34.6 Å². The van der Waals surface area contributed by atoms with Gasteiger partial charge < -0.3 is 5.32 Å². The van der Waals surface area contributed by atoms with Gasteiger partial charge in [-0.1, -0.05) is 26.0 Å². The van der Waals surface area contributed by atoms with Crippen molar-refractivity contribution in [3.05, 3.63) is 40.9 Å². The number of halogens is 2. The SMILES string of the molecule is C=NC1=C(/C=C\C)C2CCC1(NC(=O)c1cn(C)nc1C(F)F)C2(C)C. The third-order valence-electron chi connectivity index (χ3n) is 5.97. The quantitative estimate of drug-likeness (QED) is 0.810. The molecule has 2 bridgehead atoms. The van der Waals surface area contributed by atoms with E-state index in [0.717, 1.165) is 17.7 Å². The molecule has 7 heteroatoms. The summed E-state index contributed by atoms with van der Waals surface area (Å²) < 4.78 is 27.7. The standard InChI is InChI=1S/C19H24F2N4O/c1-6-7-11-13-8-9-19(15(11)22-4,18(13,2)3)23-17(26)12-10-25(5)24-14(12)16(20)21/h6-7,10,13,16H,4,8-9H2,1-3,5H3,(H,23,26)/b7-6-. The highest BCUT2D eigenvalue weighted by Gasteiger charge is 2.63. The van der Waals surface area contributed by atoms with Crippen LogP contribution in [0.2, 0.25) is 0 Å². The molecule has 2 unspecified atom stereocenters. The van der Waals surface area contributed by atoms with Crippen LogP contribution in [-0.2, 0) is 7.05 Å². The minimum absolute atomic E-state index is 0.0981. The van der Waals surface area contributed by atoms with Crippen LogP contribution >= 0.6 is 0 Å². The maximum absolute atomic E-state index is 13.3. The molecule has 0 spiro atoms. The van der Waals surface area contributed by atoms with Crippen molar-refractivity contribution in [2.24, 2.45) is 23.4 Å². The predicted molar refractivity (Wildman–Crippen MR) is 96.3 cm³/mol. The van der Waals surface area contributed by atoms with Crippen molar-refractivity contribution in [2.45, 2.75) is 45.6 Å². The number of fused-ring (bicyclic) bond motifs is 2. The molecule has 2 aliphatic rings. The lowest BCUT2D eigenvalue weighted by atomic mass is 9.74. The second kappa shape index (κ2) is 6.14. The predicted octanol–water partition coefficient (Wildman–Crippen LogP) is 3.81. The first-order chi connectivity index (χ1) is 12.2. The molecular weight excluding hydrogens is 338 g/mol. The van der Waals surface area contributed by atoms with Crippen LogP contribution in [0.1, 0.15) is 56.1 Å². The summed E-state index contributed by atoms with van der Waals surface area (Å²) in [4.78, 5) is 17.2. The number of aromatic nitrogens is 2. The van der Waals surface area contributed by atoms with Gasteiger partial charge in [0.1, 0.15) is 5.69 Å². The van der Waals surface area contributed by atoms with E-state index >= 15 is 0 Å². The largest absolute Gasteiger partial charge is 0.340 e. The van der Waals surface area contributed by atoms with E-state index in [1.54, 1.807) is 0 Å². The number of carbonyl (C=O) groups excluding carboxylic acids is 1. The Kier molecular flexibility index (Phi) is 4.37. The van der Waals surface area contributed by atoms with Crippen molar-refractivity contribution in [1.82, 2.24) is 15.1 Å². The highest BCUT2D eigenvalue weighted by molar-refractivity contribution is 5.96. The van der Waals surface area contributed by atoms with E-state index < -0.39 is 23.6 Å². The number of hydrogen-bond acceptors (Lipinski definition) is 3. The minimum Gasteiger partial charge on any atom is -0.340 e. The molecule has 26 heavy (non-hydrogen) atoms. The molecule has 3 rings (SSSR count). The first kappa shape index (κ1) is 18.5. The van der Waals surface area contributed by atoms with Crippen LogP contribution in [0.3, 0.4) is 0 Å². The summed E-state index contributed by atoms with van der Waals surface area (Å²) in [5.74, 6) is -0.312. The lowest BCUT2D eigenvalue weighted by Crippen LogP contribution is -2.55. The van der Waals surface area contributed by atoms with E-state index in [1.807, 2.05) is 19.1 Å². The van der Waals surface area contributed by atoms with Crippen LogP contribution in [-0.4, -0.2) is 27.9 Å². The average molecular weight is 362 g/mol. The van der Waals surface area contributed by atoms with Gasteiger partial charge in [-0.05, 0) is 38.0 Å². The maximum Gasteiger partial charge on any atom is 0.282 e. The number of allylic oxidation sites excluding steroid dienone is 3. The Morgan fingerprint density at radius 3 is 2.81 bits per heavy atom. The highest BCUT2D eigenvalue weighted by atomic mass is 19.3. The number of rotatable bonds is 5. The lowest BCUT2D eigenvalue weighted by molar-refractivity contribution is 0.0835. The number of nitrogens with zero attached hydrogens (tertiary/aromatic N) is 3. The fourth-order valence-electron chi connectivity index (χ4n) is 4.71. The summed E-state index contributed by atoms with van der Waals surface area (Å²) in [5.41, 5.74) is 0.200. The first-order valence-electron chi connectivity index (χ1n) is 8.68. The zero-order chi connectivity index (χ0) is 19.3. The van der Waals surface area contributed by atoms with Crippen LogP contribution in [0.5, 0.6) is 0 Å². The number of aliphatic imine (C=N–C) groups is 1. The van der Waals surface area contributed by atoms with Crippen LogP contribution < -0.4 is 5.32 Å². The molecule has 1 fully saturated rings. The van der Waals surface area contributed by atoms with Crippen molar-refractivity contribution >= 4 is 12.6 Å². The van der Waals surface area contributed by atoms with Gasteiger partial charge >= 0.3 is 0 Å². The molecule has 140 valence electrons. The molecule has 1 aromatic rings. The van der Waals surface area contributed by atoms with Gasteiger partial charge in [0.05, 0.1) is 16.8 Å². The van der Waals surface area contributed by atoms with Gasteiger partial charge in [0.25, 0.3) is 12.3 Å². The van der Waals surface area contributed by atoms with Crippen molar-refractivity contribution in [2.75, 3.05) is 0 Å². The molecule has 1 saturated carbocycles. The average Bonchev–Trinajstić information content (AvgIpc) is 3.12. The van der Waals surface area contributed by atoms with E-state index in [2.05, 4.69) is 36.0 Å². The van der Waals surface area contributed by atoms with Crippen LogP contribution in [0, 0.1) is 11.3 Å². The first-order valence-corrected chi connectivity index (χ1v) is 8.68. The molecule has 0 aliphatic heterocycles. The Morgan fingerprint density at radius 1 is 1.54 bits per heavy atom. The summed E-state index contributed by atoms with van der Waals surface area (Å²) >= 11 is 0. The summed E-state index contributed by atoms with van der Waals surface area (Å²) in [6.07, 6.45) is 4.09. The monoisotopic (exact) mass is 362 g/mol. The zero-order valence-electron chi connectivity index (χ0n) is 15.5. The Bertz CT molecular complexity index is 822. The lowest BCUT2D eigenvalue weighted by Gasteiger charge is -2.40. The molecule has 2 atom stereocenters. The van der Waals surface area contributed by atoms with Gasteiger partial charge in [0, 0.05) is 18.7 Å². The molecule has 0 saturated heterocycles. The molecule has 1 heterocycles. The molecule has 2 aliphatic carbocycles. The van der Waals surface area contributed by atoms with E-state index in [9.17, 15) is 13.6 Å². The number of amides is 1. The third-order valence-corrected chi connectivity index (χ3v) is 5.97. The molecule has 0 aromatic carbocycles. The molecule has 0 radical (unpaired) electrons. The van der Waals surface area contributed by atoms with Gasteiger partial charge in [0.2, 0.25) is 0 Å². The second-order valence-electron chi connectivity index (χ2n) is 7.54. The summed E-state index contributed by atoms with van der Waals surface area (Å²) in [7, 11) is 1.52. The smallest absolute Gasteiger partial charge is 0.282 e. The van der Waals surface area contributed by atoms with Gasteiger partial charge in [-0.15, -0.1) is 0 Å². The maximum atomic E-state index is 13.3. The second-order valence-corrected chi connectivity index (χ2v) is 7.54. The fourth-order valence-corrected chi connectivity index (χ4v) is 4.71. The summed E-state index contributed by atoms with van der Waals surface area (Å²) in [6, 6.07) is 0. The van der Waals surface area contributed by atoms with Crippen molar-refractivity contribution in [3.8, 4) is 0 Å². The Morgan fingerprint density at radius 2 is 2.23 bits per heavy atom. The molecule has 1 aromatic heterocycles. The van der Waals surface area contributed by atoms with Crippen LogP contribution in [0.4, 0.5) is 8.78 Å². The number of nitrogens with one attached hydrogen (secondary N) is 1. The minimum atomic E-state index is -2.81. The van der Waals surface area contributed by atoms with Crippen LogP contribution in [0.25, 0.3) is 0 Å². The molecule has 1 N–H and O–H groups in total. The van der Waals surface area contributed by atoms with E-state index in [0.29, 0.717) is 6.42 Å². The Hall–Kier alpha value is -2.31. The summed E-state index contributed by atoms with van der Waals surface area (Å²) in [6.45, 7) is 9.81. The Balaban J connectivity index is 2.05.